The fourth-order valence-corrected chi connectivity index (χ4v) is 4.55. The molecule has 1 saturated heterocycles. The van der Waals surface area contributed by atoms with Crippen LogP contribution < -0.4 is 4.74 Å². The third-order valence-electron chi connectivity index (χ3n) is 5.84. The first-order valence-corrected chi connectivity index (χ1v) is 13.0. The van der Waals surface area contributed by atoms with Crippen LogP contribution in [0.3, 0.4) is 0 Å². The largest absolute Gasteiger partial charge is 0.493 e. The number of rotatable bonds is 12. The summed E-state index contributed by atoms with van der Waals surface area (Å²) in [5, 5.41) is 8.36. The van der Waals surface area contributed by atoms with Crippen LogP contribution >= 0.6 is 11.8 Å². The van der Waals surface area contributed by atoms with Crippen molar-refractivity contribution in [2.24, 2.45) is 0 Å². The van der Waals surface area contributed by atoms with Gasteiger partial charge in [-0.2, -0.15) is 0 Å². The van der Waals surface area contributed by atoms with E-state index in [0.717, 1.165) is 48.8 Å². The molecule has 0 radical (unpaired) electrons. The molecule has 0 unspecified atom stereocenters. The van der Waals surface area contributed by atoms with Gasteiger partial charge in [0.2, 0.25) is 17.7 Å². The molecular formula is C26H32N4O3S. The van der Waals surface area contributed by atoms with Gasteiger partial charge in [-0.15, -0.1) is 22.0 Å². The zero-order valence-corrected chi connectivity index (χ0v) is 20.5. The maximum atomic E-state index is 12.1. The Morgan fingerprint density at radius 1 is 1.09 bits per heavy atom. The minimum absolute atomic E-state index is 0.108. The molecule has 2 aromatic carbocycles. The van der Waals surface area contributed by atoms with Crippen molar-refractivity contribution in [2.45, 2.75) is 32.1 Å². The summed E-state index contributed by atoms with van der Waals surface area (Å²) in [5.74, 6) is 3.59. The number of para-hydroxylation sites is 1. The normalized spacial score (nSPS) is 13.8. The van der Waals surface area contributed by atoms with Gasteiger partial charge in [-0.3, -0.25) is 4.79 Å². The van der Waals surface area contributed by atoms with E-state index in [1.54, 1.807) is 18.7 Å². The van der Waals surface area contributed by atoms with Crippen molar-refractivity contribution in [1.29, 1.82) is 0 Å². The Labute approximate surface area is 205 Å². The van der Waals surface area contributed by atoms with Crippen molar-refractivity contribution in [3.05, 3.63) is 66.1 Å². The molecule has 1 amide bonds. The summed E-state index contributed by atoms with van der Waals surface area (Å²) in [7, 11) is 0. The number of ether oxygens (including phenoxy) is 1. The highest BCUT2D eigenvalue weighted by molar-refractivity contribution is 7.98. The van der Waals surface area contributed by atoms with Crippen LogP contribution in [-0.4, -0.2) is 64.4 Å². The molecule has 0 bridgehead atoms. The quantitative estimate of drug-likeness (QED) is 0.354. The smallest absolute Gasteiger partial charge is 0.247 e. The maximum Gasteiger partial charge on any atom is 0.247 e. The number of thioether (sulfide) groups is 1. The Morgan fingerprint density at radius 3 is 2.59 bits per heavy atom. The lowest BCUT2D eigenvalue weighted by Crippen LogP contribution is -2.36. The second kappa shape index (κ2) is 12.6. The van der Waals surface area contributed by atoms with Crippen LogP contribution in [0.2, 0.25) is 0 Å². The Hall–Kier alpha value is -2.84. The van der Waals surface area contributed by atoms with Crippen LogP contribution in [0, 0.1) is 0 Å². The minimum atomic E-state index is 0.108. The predicted octanol–water partition coefficient (Wildman–Crippen LogP) is 4.49. The Kier molecular flexibility index (Phi) is 8.98. The number of aromatic nitrogens is 2. The molecule has 1 aromatic heterocycles. The summed E-state index contributed by atoms with van der Waals surface area (Å²) in [6.45, 7) is 6.88. The van der Waals surface area contributed by atoms with Crippen molar-refractivity contribution in [3.8, 4) is 17.2 Å². The molecule has 0 atom stereocenters. The molecule has 1 aliphatic rings. The monoisotopic (exact) mass is 480 g/mol. The number of benzene rings is 2. The summed E-state index contributed by atoms with van der Waals surface area (Å²) < 4.78 is 11.5. The van der Waals surface area contributed by atoms with Crippen LogP contribution in [0.1, 0.15) is 31.2 Å². The van der Waals surface area contributed by atoms with E-state index in [1.807, 2.05) is 59.5 Å². The van der Waals surface area contributed by atoms with Gasteiger partial charge in [-0.05, 0) is 55.8 Å². The summed E-state index contributed by atoms with van der Waals surface area (Å²) >= 11 is 1.70. The molecule has 1 fully saturated rings. The topological polar surface area (TPSA) is 71.7 Å². The van der Waals surface area contributed by atoms with E-state index in [4.69, 9.17) is 9.15 Å². The average Bonchev–Trinajstić information content (AvgIpc) is 3.55. The molecule has 0 saturated carbocycles. The number of hydrogen-bond acceptors (Lipinski definition) is 7. The van der Waals surface area contributed by atoms with Gasteiger partial charge < -0.3 is 19.0 Å². The summed E-state index contributed by atoms with van der Waals surface area (Å²) in [6, 6.07) is 17.8. The van der Waals surface area contributed by atoms with Crippen LogP contribution in [0.15, 0.2) is 59.0 Å². The van der Waals surface area contributed by atoms with Crippen molar-refractivity contribution >= 4 is 17.7 Å². The number of hydrogen-bond donors (Lipinski definition) is 0. The molecule has 3 aromatic rings. The van der Waals surface area contributed by atoms with Gasteiger partial charge in [0.25, 0.3) is 0 Å². The lowest BCUT2D eigenvalue weighted by Gasteiger charge is -2.24. The number of amides is 1. The lowest BCUT2D eigenvalue weighted by molar-refractivity contribution is -0.129. The number of carbonyl (C=O) groups excluding carboxylic acids is 1. The lowest BCUT2D eigenvalue weighted by atomic mass is 10.1. The van der Waals surface area contributed by atoms with E-state index in [9.17, 15) is 4.79 Å². The number of likely N-dealkylation sites (tertiary alicyclic amines) is 1. The van der Waals surface area contributed by atoms with Crippen molar-refractivity contribution < 1.29 is 13.9 Å². The molecular weight excluding hydrogens is 448 g/mol. The third-order valence-corrected chi connectivity index (χ3v) is 6.74. The number of carbonyl (C=O) groups is 1. The molecule has 0 N–H and O–H groups in total. The Morgan fingerprint density at radius 2 is 1.85 bits per heavy atom. The van der Waals surface area contributed by atoms with E-state index in [1.165, 1.54) is 12.8 Å². The number of nitrogens with zero attached hydrogens (tertiary/aromatic N) is 4. The van der Waals surface area contributed by atoms with Gasteiger partial charge in [-0.25, -0.2) is 0 Å². The molecule has 34 heavy (non-hydrogen) atoms. The molecule has 2 heterocycles. The molecule has 0 spiro atoms. The van der Waals surface area contributed by atoms with Gasteiger partial charge in [0, 0.05) is 37.9 Å². The first kappa shape index (κ1) is 24.3. The SMILES string of the molecule is CC(=O)N(CCN1CCCC1)Cc1ccc(-c2nnc(CSCCOc3ccccc3)o2)cc1. The zero-order chi connectivity index (χ0) is 23.6. The average molecular weight is 481 g/mol. The first-order chi connectivity index (χ1) is 16.7. The van der Waals surface area contributed by atoms with Crippen molar-refractivity contribution in [2.75, 3.05) is 38.5 Å². The van der Waals surface area contributed by atoms with Gasteiger partial charge in [-0.1, -0.05) is 30.3 Å². The fraction of sp³-hybridized carbons (Fsp3) is 0.423. The second-order valence-electron chi connectivity index (χ2n) is 8.40. The molecule has 8 heteroatoms. The highest BCUT2D eigenvalue weighted by Crippen LogP contribution is 2.21. The van der Waals surface area contributed by atoms with Crippen molar-refractivity contribution in [1.82, 2.24) is 20.0 Å². The van der Waals surface area contributed by atoms with Crippen LogP contribution in [0.5, 0.6) is 5.75 Å². The van der Waals surface area contributed by atoms with Gasteiger partial charge in [0.1, 0.15) is 5.75 Å². The van der Waals surface area contributed by atoms with E-state index in [0.29, 0.717) is 30.7 Å². The molecule has 1 aliphatic heterocycles. The van der Waals surface area contributed by atoms with E-state index in [2.05, 4.69) is 15.1 Å². The van der Waals surface area contributed by atoms with E-state index < -0.39 is 0 Å². The zero-order valence-electron chi connectivity index (χ0n) is 19.7. The van der Waals surface area contributed by atoms with Gasteiger partial charge in [0.05, 0.1) is 12.4 Å². The van der Waals surface area contributed by atoms with E-state index >= 15 is 0 Å². The highest BCUT2D eigenvalue weighted by Gasteiger charge is 2.15. The molecule has 7 nitrogen and oxygen atoms in total. The molecule has 180 valence electrons. The molecule has 4 rings (SSSR count). The Bertz CT molecular complexity index is 1020. The van der Waals surface area contributed by atoms with Crippen LogP contribution in [0.25, 0.3) is 11.5 Å². The standard InChI is InChI=1S/C26H32N4O3S/c1-21(31)30(16-15-29-13-5-6-14-29)19-22-9-11-23(12-10-22)26-28-27-25(33-26)20-34-18-17-32-24-7-3-2-4-8-24/h2-4,7-12H,5-6,13-20H2,1H3. The van der Waals surface area contributed by atoms with Crippen LogP contribution in [0.4, 0.5) is 0 Å². The predicted molar refractivity (Wildman–Crippen MR) is 135 cm³/mol. The second-order valence-corrected chi connectivity index (χ2v) is 9.51. The van der Waals surface area contributed by atoms with Gasteiger partial charge in [0.15, 0.2) is 0 Å². The van der Waals surface area contributed by atoms with Crippen LogP contribution in [-0.2, 0) is 17.1 Å². The Balaban J connectivity index is 1.22. The first-order valence-electron chi connectivity index (χ1n) is 11.8. The van der Waals surface area contributed by atoms with E-state index in [-0.39, 0.29) is 5.91 Å². The van der Waals surface area contributed by atoms with Gasteiger partial charge >= 0.3 is 0 Å². The summed E-state index contributed by atoms with van der Waals surface area (Å²) in [6.07, 6.45) is 2.53. The fourth-order valence-electron chi connectivity index (χ4n) is 3.91. The highest BCUT2D eigenvalue weighted by atomic mass is 32.2. The minimum Gasteiger partial charge on any atom is -0.493 e. The molecule has 0 aliphatic carbocycles. The summed E-state index contributed by atoms with van der Waals surface area (Å²) in [5.41, 5.74) is 1.97. The maximum absolute atomic E-state index is 12.1. The van der Waals surface area contributed by atoms with Crippen molar-refractivity contribution in [3.63, 3.8) is 0 Å². The third kappa shape index (κ3) is 7.33. The summed E-state index contributed by atoms with van der Waals surface area (Å²) in [4.78, 5) is 16.5.